The second-order valence-electron chi connectivity index (χ2n) is 3.53. The van der Waals surface area contributed by atoms with Gasteiger partial charge in [0.05, 0.1) is 11.5 Å². The van der Waals surface area contributed by atoms with E-state index in [9.17, 15) is 9.90 Å². The van der Waals surface area contributed by atoms with E-state index in [4.69, 9.17) is 4.42 Å². The highest BCUT2D eigenvalue weighted by Gasteiger charge is 2.05. The van der Waals surface area contributed by atoms with E-state index in [1.54, 1.807) is 12.1 Å². The average Bonchev–Trinajstić information content (AvgIpc) is 2.16. The largest absolute Gasteiger partial charge is 0.507 e. The zero-order valence-corrected chi connectivity index (χ0v) is 8.52. The van der Waals surface area contributed by atoms with Gasteiger partial charge >= 0.3 is 5.63 Å². The summed E-state index contributed by atoms with van der Waals surface area (Å²) in [6, 6.07) is 6.36. The van der Waals surface area contributed by atoms with Crippen molar-refractivity contribution in [3.8, 4) is 5.75 Å². The summed E-state index contributed by atoms with van der Waals surface area (Å²) >= 11 is 0. The Morgan fingerprint density at radius 2 is 2.00 bits per heavy atom. The molecule has 0 aliphatic heterocycles. The Hall–Kier alpha value is -1.97. The summed E-state index contributed by atoms with van der Waals surface area (Å²) in [6.07, 6.45) is 0. The molecule has 4 heteroatoms. The third-order valence-electron chi connectivity index (χ3n) is 2.22. The Morgan fingerprint density at radius 1 is 1.27 bits per heavy atom. The normalized spacial score (nSPS) is 10.5. The summed E-state index contributed by atoms with van der Waals surface area (Å²) in [6.45, 7) is 0. The molecule has 0 radical (unpaired) electrons. The van der Waals surface area contributed by atoms with Gasteiger partial charge in [0.15, 0.2) is 0 Å². The third kappa shape index (κ3) is 1.66. The van der Waals surface area contributed by atoms with Crippen LogP contribution in [0.2, 0.25) is 0 Å². The molecule has 0 unspecified atom stereocenters. The van der Waals surface area contributed by atoms with Crippen LogP contribution in [0.15, 0.2) is 33.5 Å². The van der Waals surface area contributed by atoms with Crippen LogP contribution in [-0.2, 0) is 0 Å². The summed E-state index contributed by atoms with van der Waals surface area (Å²) in [5, 5.41) is 10.0. The molecule has 1 N–H and O–H groups in total. The lowest BCUT2D eigenvalue weighted by Crippen LogP contribution is -2.08. The number of nitrogens with zero attached hydrogens (tertiary/aromatic N) is 1. The van der Waals surface area contributed by atoms with Gasteiger partial charge in [-0.15, -0.1) is 0 Å². The van der Waals surface area contributed by atoms with Crippen LogP contribution < -0.4 is 10.5 Å². The average molecular weight is 205 g/mol. The standard InChI is InChI=1S/C11H11NO3/c1-12(2)7-3-4-8-9(13)6-11(14)15-10(8)5-7/h3-6,13H,1-2H3. The maximum absolute atomic E-state index is 11.0. The zero-order valence-electron chi connectivity index (χ0n) is 8.52. The van der Waals surface area contributed by atoms with Gasteiger partial charge in [-0.05, 0) is 12.1 Å². The lowest BCUT2D eigenvalue weighted by Gasteiger charge is -2.12. The van der Waals surface area contributed by atoms with Crippen LogP contribution in [-0.4, -0.2) is 19.2 Å². The maximum Gasteiger partial charge on any atom is 0.339 e. The van der Waals surface area contributed by atoms with Gasteiger partial charge in [0.1, 0.15) is 11.3 Å². The molecule has 2 aromatic rings. The third-order valence-corrected chi connectivity index (χ3v) is 2.22. The predicted octanol–water partition coefficient (Wildman–Crippen LogP) is 1.56. The molecule has 0 amide bonds. The molecule has 1 aromatic heterocycles. The highest BCUT2D eigenvalue weighted by Crippen LogP contribution is 2.25. The number of fused-ring (bicyclic) bond motifs is 1. The van der Waals surface area contributed by atoms with Crippen LogP contribution >= 0.6 is 0 Å². The van der Waals surface area contributed by atoms with Crippen LogP contribution in [0.3, 0.4) is 0 Å². The van der Waals surface area contributed by atoms with Gasteiger partial charge in [-0.1, -0.05) is 0 Å². The summed E-state index contributed by atoms with van der Waals surface area (Å²) in [5.41, 5.74) is 0.762. The summed E-state index contributed by atoms with van der Waals surface area (Å²) in [7, 11) is 3.78. The number of anilines is 1. The second-order valence-corrected chi connectivity index (χ2v) is 3.53. The first-order valence-corrected chi connectivity index (χ1v) is 4.52. The molecule has 0 bridgehead atoms. The quantitative estimate of drug-likeness (QED) is 0.718. The predicted molar refractivity (Wildman–Crippen MR) is 58.5 cm³/mol. The minimum atomic E-state index is -0.545. The molecular formula is C11H11NO3. The molecular weight excluding hydrogens is 194 g/mol. The van der Waals surface area contributed by atoms with Crippen LogP contribution in [0.5, 0.6) is 5.75 Å². The van der Waals surface area contributed by atoms with Crippen molar-refractivity contribution in [2.75, 3.05) is 19.0 Å². The van der Waals surface area contributed by atoms with Gasteiger partial charge in [0.25, 0.3) is 0 Å². The van der Waals surface area contributed by atoms with E-state index >= 15 is 0 Å². The molecule has 0 fully saturated rings. The van der Waals surface area contributed by atoms with Gasteiger partial charge in [0, 0.05) is 25.8 Å². The van der Waals surface area contributed by atoms with Crippen molar-refractivity contribution in [1.29, 1.82) is 0 Å². The van der Waals surface area contributed by atoms with E-state index in [0.29, 0.717) is 11.0 Å². The minimum Gasteiger partial charge on any atom is -0.507 e. The fourth-order valence-electron chi connectivity index (χ4n) is 1.41. The summed E-state index contributed by atoms with van der Waals surface area (Å²) < 4.78 is 4.99. The van der Waals surface area contributed by atoms with E-state index in [2.05, 4.69) is 0 Å². The van der Waals surface area contributed by atoms with Crippen molar-refractivity contribution in [1.82, 2.24) is 0 Å². The molecule has 78 valence electrons. The smallest absolute Gasteiger partial charge is 0.339 e. The van der Waals surface area contributed by atoms with Gasteiger partial charge in [-0.3, -0.25) is 0 Å². The van der Waals surface area contributed by atoms with Crippen molar-refractivity contribution in [2.45, 2.75) is 0 Å². The molecule has 0 aliphatic rings. The first-order chi connectivity index (χ1) is 7.08. The van der Waals surface area contributed by atoms with E-state index in [1.807, 2.05) is 25.1 Å². The van der Waals surface area contributed by atoms with E-state index < -0.39 is 5.63 Å². The lowest BCUT2D eigenvalue weighted by molar-refractivity contribution is 0.468. The molecule has 0 saturated heterocycles. The summed E-state index contributed by atoms with van der Waals surface area (Å²) in [5.74, 6) is -0.0495. The van der Waals surface area contributed by atoms with Crippen molar-refractivity contribution in [3.05, 3.63) is 34.7 Å². The first kappa shape index (κ1) is 9.58. The van der Waals surface area contributed by atoms with Crippen molar-refractivity contribution >= 4 is 16.7 Å². The number of hydrogen-bond donors (Lipinski definition) is 1. The molecule has 0 saturated carbocycles. The monoisotopic (exact) mass is 205 g/mol. The van der Waals surface area contributed by atoms with E-state index in [0.717, 1.165) is 11.8 Å². The SMILES string of the molecule is CN(C)c1ccc2c(O)cc(=O)oc2c1. The highest BCUT2D eigenvalue weighted by atomic mass is 16.4. The zero-order chi connectivity index (χ0) is 11.0. The van der Waals surface area contributed by atoms with Gasteiger partial charge in [0.2, 0.25) is 0 Å². The van der Waals surface area contributed by atoms with Gasteiger partial charge in [-0.25, -0.2) is 4.79 Å². The van der Waals surface area contributed by atoms with Gasteiger partial charge in [-0.2, -0.15) is 0 Å². The molecule has 0 aliphatic carbocycles. The topological polar surface area (TPSA) is 53.7 Å². The van der Waals surface area contributed by atoms with Crippen LogP contribution in [0.1, 0.15) is 0 Å². The fourth-order valence-corrected chi connectivity index (χ4v) is 1.41. The van der Waals surface area contributed by atoms with Crippen LogP contribution in [0, 0.1) is 0 Å². The maximum atomic E-state index is 11.0. The van der Waals surface area contributed by atoms with Crippen LogP contribution in [0.25, 0.3) is 11.0 Å². The molecule has 1 aromatic carbocycles. The van der Waals surface area contributed by atoms with Crippen molar-refractivity contribution in [2.24, 2.45) is 0 Å². The minimum absolute atomic E-state index is 0.0495. The van der Waals surface area contributed by atoms with E-state index in [-0.39, 0.29) is 5.75 Å². The molecule has 0 atom stereocenters. The number of benzene rings is 1. The first-order valence-electron chi connectivity index (χ1n) is 4.52. The van der Waals surface area contributed by atoms with Crippen LogP contribution in [0.4, 0.5) is 5.69 Å². The Kier molecular flexibility index (Phi) is 2.11. The highest BCUT2D eigenvalue weighted by molar-refractivity contribution is 5.85. The van der Waals surface area contributed by atoms with Crippen molar-refractivity contribution < 1.29 is 9.52 Å². The Morgan fingerprint density at radius 3 is 2.67 bits per heavy atom. The molecule has 15 heavy (non-hydrogen) atoms. The molecule has 0 spiro atoms. The Balaban J connectivity index is 2.76. The Labute approximate surface area is 86.4 Å². The Bertz CT molecular complexity index is 557. The lowest BCUT2D eigenvalue weighted by atomic mass is 10.2. The molecule has 4 nitrogen and oxygen atoms in total. The molecule has 1 heterocycles. The fraction of sp³-hybridized carbons (Fsp3) is 0.182. The second kappa shape index (κ2) is 3.31. The number of aromatic hydroxyl groups is 1. The number of rotatable bonds is 1. The van der Waals surface area contributed by atoms with E-state index in [1.165, 1.54) is 0 Å². The summed E-state index contributed by atoms with van der Waals surface area (Å²) in [4.78, 5) is 12.9. The van der Waals surface area contributed by atoms with Crippen molar-refractivity contribution in [3.63, 3.8) is 0 Å². The van der Waals surface area contributed by atoms with Gasteiger partial charge < -0.3 is 14.4 Å². The molecule has 2 rings (SSSR count). The number of hydrogen-bond acceptors (Lipinski definition) is 4.